The fourth-order valence-electron chi connectivity index (χ4n) is 3.07. The molecule has 3 rings (SSSR count). The van der Waals surface area contributed by atoms with Crippen molar-refractivity contribution in [2.45, 2.75) is 33.5 Å². The summed E-state index contributed by atoms with van der Waals surface area (Å²) in [4.78, 5) is 25.4. The summed E-state index contributed by atoms with van der Waals surface area (Å²) in [6, 6.07) is 9.06. The highest BCUT2D eigenvalue weighted by molar-refractivity contribution is 7.13. The van der Waals surface area contributed by atoms with Gasteiger partial charge >= 0.3 is 6.18 Å². The molecule has 10 heteroatoms. The Balaban J connectivity index is 1.68. The molecule has 3 aromatic rings. The Kier molecular flexibility index (Phi) is 6.49. The molecule has 0 aliphatic heterocycles. The van der Waals surface area contributed by atoms with E-state index in [-0.39, 0.29) is 24.3 Å². The molecule has 0 atom stereocenters. The average molecular weight is 450 g/mol. The molecule has 2 aromatic heterocycles. The minimum Gasteiger partial charge on any atom is -0.350 e. The second-order valence-corrected chi connectivity index (χ2v) is 8.34. The zero-order valence-electron chi connectivity index (χ0n) is 17.1. The smallest absolute Gasteiger partial charge is 0.350 e. The molecular weight excluding hydrogens is 429 g/mol. The summed E-state index contributed by atoms with van der Waals surface area (Å²) in [5, 5.41) is 9.10. The molecule has 164 valence electrons. The van der Waals surface area contributed by atoms with Gasteiger partial charge in [-0.3, -0.25) is 9.59 Å². The second-order valence-electron chi connectivity index (χ2n) is 7.05. The number of rotatable bonds is 6. The molecule has 1 aromatic carbocycles. The number of halogens is 3. The van der Waals surface area contributed by atoms with Gasteiger partial charge in [-0.2, -0.15) is 18.3 Å². The molecule has 0 saturated carbocycles. The number of carbonyl (C=O) groups excluding carboxylic acids is 2. The van der Waals surface area contributed by atoms with Crippen molar-refractivity contribution in [1.29, 1.82) is 0 Å². The standard InChI is InChI=1S/C21H21F3N4O2S/c1-12-8-13(2)28(27-12)16-6-5-15(17(9-16)21(22,23)24)10-25-19(29)11-26-20(30)18-7-4-14(3)31-18/h4-9H,10-11H2,1-3H3,(H,25,29)(H,26,30). The largest absolute Gasteiger partial charge is 0.416 e. The molecule has 2 amide bonds. The van der Waals surface area contributed by atoms with Crippen LogP contribution in [0, 0.1) is 20.8 Å². The van der Waals surface area contributed by atoms with E-state index in [0.29, 0.717) is 16.3 Å². The number of alkyl halides is 3. The van der Waals surface area contributed by atoms with Gasteiger partial charge in [-0.1, -0.05) is 6.07 Å². The third-order valence-corrected chi connectivity index (χ3v) is 5.50. The van der Waals surface area contributed by atoms with Gasteiger partial charge in [0.15, 0.2) is 0 Å². The summed E-state index contributed by atoms with van der Waals surface area (Å²) in [7, 11) is 0. The van der Waals surface area contributed by atoms with Crippen molar-refractivity contribution in [2.24, 2.45) is 0 Å². The maximum atomic E-state index is 13.6. The van der Waals surface area contributed by atoms with Gasteiger partial charge in [0.25, 0.3) is 5.91 Å². The van der Waals surface area contributed by atoms with Crippen LogP contribution in [0.3, 0.4) is 0 Å². The molecule has 2 N–H and O–H groups in total. The first-order valence-electron chi connectivity index (χ1n) is 9.39. The number of hydrogen-bond acceptors (Lipinski definition) is 4. The van der Waals surface area contributed by atoms with Crippen molar-refractivity contribution in [2.75, 3.05) is 6.54 Å². The number of carbonyl (C=O) groups is 2. The molecule has 6 nitrogen and oxygen atoms in total. The van der Waals surface area contributed by atoms with Gasteiger partial charge in [-0.25, -0.2) is 4.68 Å². The summed E-state index contributed by atoms with van der Waals surface area (Å²) in [5.74, 6) is -0.990. The fourth-order valence-corrected chi connectivity index (χ4v) is 3.85. The highest BCUT2D eigenvalue weighted by Crippen LogP contribution is 2.33. The molecule has 0 aliphatic rings. The first-order valence-corrected chi connectivity index (χ1v) is 10.2. The molecule has 0 unspecified atom stereocenters. The van der Waals surface area contributed by atoms with Crippen LogP contribution in [-0.2, 0) is 17.5 Å². The van der Waals surface area contributed by atoms with E-state index in [4.69, 9.17) is 0 Å². The van der Waals surface area contributed by atoms with Crippen molar-refractivity contribution in [1.82, 2.24) is 20.4 Å². The monoisotopic (exact) mass is 450 g/mol. The molecule has 2 heterocycles. The van der Waals surface area contributed by atoms with E-state index < -0.39 is 23.6 Å². The fraction of sp³-hybridized carbons (Fsp3) is 0.286. The lowest BCUT2D eigenvalue weighted by Gasteiger charge is -2.16. The first-order chi connectivity index (χ1) is 14.5. The lowest BCUT2D eigenvalue weighted by molar-refractivity contribution is -0.138. The molecule has 0 saturated heterocycles. The molecule has 0 fully saturated rings. The van der Waals surface area contributed by atoms with E-state index in [9.17, 15) is 22.8 Å². The van der Waals surface area contributed by atoms with Crippen molar-refractivity contribution in [3.63, 3.8) is 0 Å². The zero-order valence-corrected chi connectivity index (χ0v) is 17.9. The van der Waals surface area contributed by atoms with E-state index in [2.05, 4.69) is 15.7 Å². The van der Waals surface area contributed by atoms with Crippen LogP contribution in [0.1, 0.15) is 37.1 Å². The minimum absolute atomic E-state index is 0.0775. The number of amides is 2. The van der Waals surface area contributed by atoms with Gasteiger partial charge in [0.1, 0.15) is 0 Å². The predicted octanol–water partition coefficient (Wildman–Crippen LogP) is 3.92. The third-order valence-electron chi connectivity index (χ3n) is 4.50. The van der Waals surface area contributed by atoms with E-state index in [1.165, 1.54) is 28.2 Å². The Hall–Kier alpha value is -3.14. The van der Waals surface area contributed by atoms with Gasteiger partial charge in [0, 0.05) is 17.1 Å². The molecule has 0 bridgehead atoms. The van der Waals surface area contributed by atoms with Crippen LogP contribution in [0.25, 0.3) is 5.69 Å². The summed E-state index contributed by atoms with van der Waals surface area (Å²) >= 11 is 1.29. The van der Waals surface area contributed by atoms with Gasteiger partial charge in [0.05, 0.1) is 28.4 Å². The normalized spacial score (nSPS) is 11.4. The van der Waals surface area contributed by atoms with Crippen LogP contribution >= 0.6 is 11.3 Å². The number of aromatic nitrogens is 2. The Morgan fingerprint density at radius 1 is 1.06 bits per heavy atom. The highest BCUT2D eigenvalue weighted by atomic mass is 32.1. The summed E-state index contributed by atoms with van der Waals surface area (Å²) in [6.07, 6.45) is -4.60. The summed E-state index contributed by atoms with van der Waals surface area (Å²) < 4.78 is 42.3. The van der Waals surface area contributed by atoms with E-state index in [1.54, 1.807) is 32.0 Å². The second kappa shape index (κ2) is 8.93. The van der Waals surface area contributed by atoms with Crippen LogP contribution in [0.4, 0.5) is 13.2 Å². The van der Waals surface area contributed by atoms with Crippen LogP contribution in [0.5, 0.6) is 0 Å². The topological polar surface area (TPSA) is 76.0 Å². The molecule has 31 heavy (non-hydrogen) atoms. The van der Waals surface area contributed by atoms with Crippen LogP contribution < -0.4 is 10.6 Å². The Morgan fingerprint density at radius 2 is 1.81 bits per heavy atom. The zero-order chi connectivity index (χ0) is 22.8. The van der Waals surface area contributed by atoms with E-state index in [0.717, 1.165) is 10.9 Å². The summed E-state index contributed by atoms with van der Waals surface area (Å²) in [6.45, 7) is 4.72. The summed E-state index contributed by atoms with van der Waals surface area (Å²) in [5.41, 5.74) is 0.763. The van der Waals surface area contributed by atoms with Crippen LogP contribution in [0.15, 0.2) is 36.4 Å². The Bertz CT molecular complexity index is 1120. The maximum Gasteiger partial charge on any atom is 0.416 e. The lowest BCUT2D eigenvalue weighted by atomic mass is 10.1. The Labute approximate surface area is 181 Å². The molecule has 0 spiro atoms. The average Bonchev–Trinajstić information content (AvgIpc) is 3.28. The van der Waals surface area contributed by atoms with Crippen molar-refractivity contribution >= 4 is 23.2 Å². The number of aryl methyl sites for hydroxylation is 3. The molecule has 0 aliphatic carbocycles. The van der Waals surface area contributed by atoms with Crippen LogP contribution in [-0.4, -0.2) is 28.1 Å². The van der Waals surface area contributed by atoms with Gasteiger partial charge < -0.3 is 10.6 Å². The van der Waals surface area contributed by atoms with Crippen molar-refractivity contribution in [3.05, 3.63) is 68.7 Å². The van der Waals surface area contributed by atoms with E-state index >= 15 is 0 Å². The number of hydrogen-bond donors (Lipinski definition) is 2. The highest BCUT2D eigenvalue weighted by Gasteiger charge is 2.34. The maximum absolute atomic E-state index is 13.6. The van der Waals surface area contributed by atoms with Crippen LogP contribution in [0.2, 0.25) is 0 Å². The molecular formula is C21H21F3N4O2S. The lowest BCUT2D eigenvalue weighted by Crippen LogP contribution is -2.36. The number of benzene rings is 1. The number of nitrogens with one attached hydrogen (secondary N) is 2. The van der Waals surface area contributed by atoms with Gasteiger partial charge in [0.2, 0.25) is 5.91 Å². The quantitative estimate of drug-likeness (QED) is 0.598. The third kappa shape index (κ3) is 5.52. The number of thiophene rings is 1. The SMILES string of the molecule is Cc1cc(C)n(-c2ccc(CNC(=O)CNC(=O)c3ccc(C)s3)c(C(F)(F)F)c2)n1. The number of nitrogens with zero attached hydrogens (tertiary/aromatic N) is 2. The predicted molar refractivity (Wildman–Crippen MR) is 111 cm³/mol. The first kappa shape index (κ1) is 22.5. The Morgan fingerprint density at radius 3 is 2.39 bits per heavy atom. The van der Waals surface area contributed by atoms with Gasteiger partial charge in [-0.05, 0) is 56.7 Å². The van der Waals surface area contributed by atoms with E-state index in [1.807, 2.05) is 6.92 Å². The minimum atomic E-state index is -4.60. The molecule has 0 radical (unpaired) electrons. The van der Waals surface area contributed by atoms with Crippen molar-refractivity contribution in [3.8, 4) is 5.69 Å². The van der Waals surface area contributed by atoms with Crippen molar-refractivity contribution < 1.29 is 22.8 Å². The van der Waals surface area contributed by atoms with Gasteiger partial charge in [-0.15, -0.1) is 11.3 Å².